The van der Waals surface area contributed by atoms with Gasteiger partial charge in [-0.3, -0.25) is 9.47 Å². The zero-order valence-electron chi connectivity index (χ0n) is 25.1. The summed E-state index contributed by atoms with van der Waals surface area (Å²) in [6.45, 7) is 12.3. The second-order valence-corrected chi connectivity index (χ2v) is 11.1. The normalized spacial score (nSPS) is 21.9. The van der Waals surface area contributed by atoms with E-state index in [9.17, 15) is 10.1 Å². The van der Waals surface area contributed by atoms with Crippen molar-refractivity contribution in [3.63, 3.8) is 0 Å². The van der Waals surface area contributed by atoms with E-state index in [1.54, 1.807) is 24.6 Å². The fourth-order valence-corrected chi connectivity index (χ4v) is 5.82. The van der Waals surface area contributed by atoms with Gasteiger partial charge >= 0.3 is 5.69 Å². The molecule has 1 aromatic heterocycles. The van der Waals surface area contributed by atoms with Gasteiger partial charge in [0.05, 0.1) is 17.5 Å². The Labute approximate surface area is 239 Å². The van der Waals surface area contributed by atoms with Gasteiger partial charge in [-0.1, -0.05) is 45.9 Å². The van der Waals surface area contributed by atoms with E-state index in [0.717, 1.165) is 73.7 Å². The molecule has 1 aliphatic heterocycles. The van der Waals surface area contributed by atoms with Crippen LogP contribution in [0.4, 0.5) is 5.82 Å². The Hall–Kier alpha value is -3.37. The summed E-state index contributed by atoms with van der Waals surface area (Å²) in [7, 11) is 1.75. The van der Waals surface area contributed by atoms with Gasteiger partial charge in [-0.25, -0.2) is 4.79 Å². The fraction of sp³-hybridized carbons (Fsp3) is 0.545. The summed E-state index contributed by atoms with van der Waals surface area (Å²) in [5.41, 5.74) is 1.65. The first-order chi connectivity index (χ1) is 19.3. The summed E-state index contributed by atoms with van der Waals surface area (Å²) in [5.74, 6) is 1.73. The number of nitrogens with zero attached hydrogens (tertiary/aromatic N) is 5. The van der Waals surface area contributed by atoms with Crippen LogP contribution < -0.4 is 25.9 Å². The first kappa shape index (κ1) is 29.6. The minimum atomic E-state index is -0.275. The summed E-state index contributed by atoms with van der Waals surface area (Å²) in [5, 5.41) is 11.0. The maximum Gasteiger partial charge on any atom is 0.349 e. The van der Waals surface area contributed by atoms with E-state index < -0.39 is 0 Å². The van der Waals surface area contributed by atoms with E-state index in [4.69, 9.17) is 4.74 Å². The molecule has 2 heterocycles. The number of hydrogen-bond acceptors (Lipinski definition) is 6. The van der Waals surface area contributed by atoms with Crippen molar-refractivity contribution >= 4 is 18.0 Å². The smallest absolute Gasteiger partial charge is 0.349 e. The molecule has 7 nitrogen and oxygen atoms in total. The highest BCUT2D eigenvalue weighted by molar-refractivity contribution is 5.51. The molecule has 0 N–H and O–H groups in total. The first-order valence-corrected chi connectivity index (χ1v) is 15.0. The van der Waals surface area contributed by atoms with Crippen LogP contribution >= 0.6 is 0 Å². The summed E-state index contributed by atoms with van der Waals surface area (Å²) >= 11 is 0. The molecule has 0 spiro atoms. The second-order valence-electron chi connectivity index (χ2n) is 11.1. The molecule has 0 bridgehead atoms. The van der Waals surface area contributed by atoms with E-state index in [1.165, 1.54) is 5.56 Å². The largest absolute Gasteiger partial charge is 0.490 e. The van der Waals surface area contributed by atoms with E-state index in [0.29, 0.717) is 23.8 Å². The van der Waals surface area contributed by atoms with Crippen LogP contribution in [0.1, 0.15) is 84.7 Å². The Bertz CT molecular complexity index is 1410. The molecule has 7 heteroatoms. The predicted molar refractivity (Wildman–Crippen MR) is 163 cm³/mol. The molecular weight excluding hydrogens is 498 g/mol. The minimum Gasteiger partial charge on any atom is -0.490 e. The van der Waals surface area contributed by atoms with Crippen LogP contribution in [0.15, 0.2) is 40.7 Å². The highest BCUT2D eigenvalue weighted by Gasteiger charge is 2.37. The van der Waals surface area contributed by atoms with Gasteiger partial charge in [0.2, 0.25) is 0 Å². The van der Waals surface area contributed by atoms with Crippen LogP contribution in [0.3, 0.4) is 0 Å². The molecular formula is C33H45N5O2. The Balaban J connectivity index is 1.72. The SMILES string of the molecule is CC\C=c1/c(N2C[C@@H](CC)N(C(CC)c3ccc(OC4CC4)cc3)CC2CC)nc(=O)n(C)/c1=C/C=C(\C)C#N. The number of allylic oxidation sites excluding steroid dienone is 2. The summed E-state index contributed by atoms with van der Waals surface area (Å²) < 4.78 is 7.58. The van der Waals surface area contributed by atoms with Crippen molar-refractivity contribution in [2.45, 2.75) is 97.4 Å². The zero-order valence-corrected chi connectivity index (χ0v) is 25.1. The van der Waals surface area contributed by atoms with Gasteiger partial charge in [0.1, 0.15) is 11.6 Å². The van der Waals surface area contributed by atoms with Gasteiger partial charge in [-0.2, -0.15) is 10.2 Å². The third kappa shape index (κ3) is 6.50. The molecule has 2 aromatic rings. The third-order valence-electron chi connectivity index (χ3n) is 8.27. The van der Waals surface area contributed by atoms with Gasteiger partial charge in [0.15, 0.2) is 0 Å². The highest BCUT2D eigenvalue weighted by Crippen LogP contribution is 2.34. The Morgan fingerprint density at radius 2 is 1.82 bits per heavy atom. The van der Waals surface area contributed by atoms with Crippen molar-refractivity contribution in [2.75, 3.05) is 18.0 Å². The standard InChI is InChI=1S/C33H45N5O2/c1-7-11-29-31(19-12-23(5)20-34)36(6)33(39)35-32(29)38-22-25(8-2)37(21-26(38)9-3)30(10-4)24-13-15-27(16-14-24)40-28-17-18-28/h11-16,19,25-26,28,30H,7-10,17-18,21-22H2,1-6H3/b23-12+,29-11-,31-19+/t25-,26?,30?/m1/s1. The lowest BCUT2D eigenvalue weighted by Gasteiger charge is -2.49. The van der Waals surface area contributed by atoms with Gasteiger partial charge in [0.25, 0.3) is 0 Å². The topological polar surface area (TPSA) is 74.4 Å². The van der Waals surface area contributed by atoms with E-state index >= 15 is 0 Å². The van der Waals surface area contributed by atoms with E-state index in [1.807, 2.05) is 6.08 Å². The molecule has 1 saturated heterocycles. The second kappa shape index (κ2) is 13.3. The predicted octanol–water partition coefficient (Wildman–Crippen LogP) is 4.59. The molecule has 0 radical (unpaired) electrons. The molecule has 40 heavy (non-hydrogen) atoms. The monoisotopic (exact) mass is 543 g/mol. The van der Waals surface area contributed by atoms with Crippen molar-refractivity contribution in [3.05, 3.63) is 62.5 Å². The first-order valence-electron chi connectivity index (χ1n) is 15.0. The molecule has 1 saturated carbocycles. The molecule has 2 aliphatic rings. The van der Waals surface area contributed by atoms with E-state index in [-0.39, 0.29) is 11.7 Å². The Morgan fingerprint density at radius 1 is 1.12 bits per heavy atom. The van der Waals surface area contributed by atoms with Crippen molar-refractivity contribution < 1.29 is 4.74 Å². The number of piperazine rings is 1. The number of benzene rings is 1. The molecule has 2 unspecified atom stereocenters. The Kier molecular flexibility index (Phi) is 9.86. The molecule has 2 fully saturated rings. The number of hydrogen-bond donors (Lipinski definition) is 0. The summed E-state index contributed by atoms with van der Waals surface area (Å²) in [6, 6.07) is 11.8. The molecule has 1 aliphatic carbocycles. The average molecular weight is 544 g/mol. The third-order valence-corrected chi connectivity index (χ3v) is 8.27. The number of anilines is 1. The van der Waals surface area contributed by atoms with Gasteiger partial charge in [-0.15, -0.1) is 0 Å². The zero-order chi connectivity index (χ0) is 28.8. The fourth-order valence-electron chi connectivity index (χ4n) is 5.82. The van der Waals surface area contributed by atoms with Crippen molar-refractivity contribution in [2.24, 2.45) is 7.05 Å². The van der Waals surface area contributed by atoms with Crippen LogP contribution in [0.25, 0.3) is 12.2 Å². The number of rotatable bonds is 10. The molecule has 214 valence electrons. The van der Waals surface area contributed by atoms with Crippen LogP contribution in [0.5, 0.6) is 5.75 Å². The Morgan fingerprint density at radius 3 is 2.40 bits per heavy atom. The van der Waals surface area contributed by atoms with Gasteiger partial charge in [-0.05, 0) is 75.3 Å². The maximum absolute atomic E-state index is 13.1. The molecule has 4 rings (SSSR count). The molecule has 1 aromatic carbocycles. The van der Waals surface area contributed by atoms with Crippen molar-refractivity contribution in [1.29, 1.82) is 5.26 Å². The van der Waals surface area contributed by atoms with Crippen LogP contribution in [0, 0.1) is 11.3 Å². The van der Waals surface area contributed by atoms with Crippen molar-refractivity contribution in [1.82, 2.24) is 14.5 Å². The minimum absolute atomic E-state index is 0.224. The maximum atomic E-state index is 13.1. The van der Waals surface area contributed by atoms with Crippen LogP contribution in [-0.2, 0) is 7.05 Å². The van der Waals surface area contributed by atoms with Gasteiger partial charge < -0.3 is 9.64 Å². The van der Waals surface area contributed by atoms with Crippen LogP contribution in [0.2, 0.25) is 0 Å². The quantitative estimate of drug-likeness (QED) is 0.408. The summed E-state index contributed by atoms with van der Waals surface area (Å²) in [4.78, 5) is 22.8. The average Bonchev–Trinajstić information content (AvgIpc) is 3.79. The highest BCUT2D eigenvalue weighted by atomic mass is 16.5. The number of aromatic nitrogens is 2. The van der Waals surface area contributed by atoms with E-state index in [2.05, 4.69) is 78.9 Å². The lowest BCUT2D eigenvalue weighted by atomic mass is 9.94. The van der Waals surface area contributed by atoms with Crippen molar-refractivity contribution in [3.8, 4) is 11.8 Å². The molecule has 0 amide bonds. The lowest BCUT2D eigenvalue weighted by molar-refractivity contribution is 0.0893. The lowest BCUT2D eigenvalue weighted by Crippen LogP contribution is -2.61. The van der Waals surface area contributed by atoms with Gasteiger partial charge in [0, 0.05) is 49.1 Å². The number of ether oxygens (including phenoxy) is 1. The molecule has 3 atom stereocenters. The summed E-state index contributed by atoms with van der Waals surface area (Å²) in [6.07, 6.45) is 12.3. The van der Waals surface area contributed by atoms with Crippen LogP contribution in [-0.4, -0.2) is 45.7 Å². The number of nitriles is 1.